The van der Waals surface area contributed by atoms with Crippen molar-refractivity contribution in [3.05, 3.63) is 34.9 Å². The zero-order chi connectivity index (χ0) is 14.6. The van der Waals surface area contributed by atoms with E-state index < -0.39 is 12.0 Å². The Hall–Kier alpha value is -1.10. The summed E-state index contributed by atoms with van der Waals surface area (Å²) in [5.74, 6) is -0.415. The summed E-state index contributed by atoms with van der Waals surface area (Å²) in [4.78, 5) is 13.0. The zero-order valence-corrected chi connectivity index (χ0v) is 12.3. The van der Waals surface area contributed by atoms with Gasteiger partial charge < -0.3 is 10.8 Å². The fourth-order valence-electron chi connectivity index (χ4n) is 1.82. The number of rotatable bonds is 5. The highest BCUT2D eigenvalue weighted by atomic mass is 35.5. The van der Waals surface area contributed by atoms with E-state index in [9.17, 15) is 9.90 Å². The molecule has 0 heterocycles. The van der Waals surface area contributed by atoms with Crippen molar-refractivity contribution in [3.63, 3.8) is 0 Å². The van der Waals surface area contributed by atoms with Crippen LogP contribution in [0.2, 0.25) is 5.02 Å². The van der Waals surface area contributed by atoms with Crippen LogP contribution >= 0.6 is 11.6 Å². The normalized spacial score (nSPS) is 13.6. The van der Waals surface area contributed by atoms with E-state index in [1.807, 2.05) is 37.8 Å². The van der Waals surface area contributed by atoms with Crippen LogP contribution in [0.3, 0.4) is 0 Å². The number of benzene rings is 1. The molecular formula is C14H21ClN2O2. The van der Waals surface area contributed by atoms with Crippen molar-refractivity contribution in [1.29, 1.82) is 0 Å². The maximum atomic E-state index is 11.1. The molecule has 0 aliphatic heterocycles. The molecule has 0 saturated heterocycles. The number of hydrogen-bond donors (Lipinski definition) is 2. The Morgan fingerprint density at radius 1 is 1.42 bits per heavy atom. The van der Waals surface area contributed by atoms with Gasteiger partial charge in [0.1, 0.15) is 0 Å². The minimum atomic E-state index is -0.757. The van der Waals surface area contributed by atoms with Gasteiger partial charge in [-0.05, 0) is 26.8 Å². The highest BCUT2D eigenvalue weighted by Gasteiger charge is 2.26. The van der Waals surface area contributed by atoms with Crippen LogP contribution in [0.25, 0.3) is 0 Å². The Balaban J connectivity index is 2.85. The molecule has 4 nitrogen and oxygen atoms in total. The van der Waals surface area contributed by atoms with Crippen molar-refractivity contribution in [3.8, 4) is 0 Å². The van der Waals surface area contributed by atoms with Crippen LogP contribution in [0.15, 0.2) is 24.3 Å². The summed E-state index contributed by atoms with van der Waals surface area (Å²) in [6, 6.07) is 7.14. The van der Waals surface area contributed by atoms with Crippen LogP contribution in [0, 0.1) is 0 Å². The first kappa shape index (κ1) is 16.0. The number of carbonyl (C=O) groups excluding carboxylic acids is 1. The SMILES string of the molecule is CC(C)(C)N(CC(N)=O)CC(O)c1ccccc1Cl. The summed E-state index contributed by atoms with van der Waals surface area (Å²) < 4.78 is 0. The van der Waals surface area contributed by atoms with Crippen molar-refractivity contribution < 1.29 is 9.90 Å². The van der Waals surface area contributed by atoms with Gasteiger partial charge in [0.15, 0.2) is 0 Å². The summed E-state index contributed by atoms with van der Waals surface area (Å²) >= 11 is 6.05. The average molecular weight is 285 g/mol. The molecule has 0 aliphatic carbocycles. The molecule has 1 unspecified atom stereocenters. The maximum absolute atomic E-state index is 11.1. The van der Waals surface area contributed by atoms with Crippen LogP contribution in [0.4, 0.5) is 0 Å². The van der Waals surface area contributed by atoms with Crippen LogP contribution < -0.4 is 5.73 Å². The molecule has 0 radical (unpaired) electrons. The van der Waals surface area contributed by atoms with Crippen molar-refractivity contribution in [1.82, 2.24) is 4.90 Å². The number of primary amides is 1. The Morgan fingerprint density at radius 3 is 2.47 bits per heavy atom. The fraction of sp³-hybridized carbons (Fsp3) is 0.500. The number of halogens is 1. The summed E-state index contributed by atoms with van der Waals surface area (Å²) in [6.45, 7) is 6.31. The van der Waals surface area contributed by atoms with Gasteiger partial charge in [-0.1, -0.05) is 29.8 Å². The van der Waals surface area contributed by atoms with E-state index in [0.717, 1.165) is 0 Å². The maximum Gasteiger partial charge on any atom is 0.231 e. The second kappa shape index (κ2) is 6.37. The molecule has 1 aromatic carbocycles. The van der Waals surface area contributed by atoms with E-state index in [1.165, 1.54) is 0 Å². The molecule has 0 spiro atoms. The molecule has 1 amide bonds. The van der Waals surface area contributed by atoms with Crippen LogP contribution in [-0.4, -0.2) is 34.5 Å². The number of amides is 1. The van der Waals surface area contributed by atoms with Crippen molar-refractivity contribution in [2.24, 2.45) is 5.73 Å². The molecule has 1 atom stereocenters. The van der Waals surface area contributed by atoms with Gasteiger partial charge in [-0.2, -0.15) is 0 Å². The number of aliphatic hydroxyl groups excluding tert-OH is 1. The van der Waals surface area contributed by atoms with Crippen LogP contribution in [-0.2, 0) is 4.79 Å². The molecule has 0 aliphatic rings. The molecule has 106 valence electrons. The first-order valence-electron chi connectivity index (χ1n) is 6.17. The largest absolute Gasteiger partial charge is 0.387 e. The van der Waals surface area contributed by atoms with Crippen LogP contribution in [0.1, 0.15) is 32.4 Å². The van der Waals surface area contributed by atoms with Gasteiger partial charge in [0.25, 0.3) is 0 Å². The summed E-state index contributed by atoms with van der Waals surface area (Å²) in [5.41, 5.74) is 5.63. The predicted octanol–water partition coefficient (Wildman–Crippen LogP) is 1.96. The molecule has 1 aromatic rings. The van der Waals surface area contributed by atoms with Gasteiger partial charge in [0, 0.05) is 22.7 Å². The number of aliphatic hydroxyl groups is 1. The Kier molecular flexibility index (Phi) is 5.35. The fourth-order valence-corrected chi connectivity index (χ4v) is 2.08. The second-order valence-corrected chi connectivity index (χ2v) is 5.96. The van der Waals surface area contributed by atoms with Crippen LogP contribution in [0.5, 0.6) is 0 Å². The standard InChI is InChI=1S/C14H21ClN2O2/c1-14(2,3)17(9-13(16)19)8-12(18)10-6-4-5-7-11(10)15/h4-7,12,18H,8-9H2,1-3H3,(H2,16,19). The Labute approximate surface area is 119 Å². The Morgan fingerprint density at radius 2 is 2.00 bits per heavy atom. The third kappa shape index (κ3) is 4.82. The van der Waals surface area contributed by atoms with Gasteiger partial charge >= 0.3 is 0 Å². The first-order chi connectivity index (χ1) is 8.71. The van der Waals surface area contributed by atoms with E-state index in [4.69, 9.17) is 17.3 Å². The summed E-state index contributed by atoms with van der Waals surface area (Å²) in [5, 5.41) is 10.8. The van der Waals surface area contributed by atoms with E-state index in [0.29, 0.717) is 17.1 Å². The lowest BCUT2D eigenvalue weighted by Gasteiger charge is -2.36. The number of nitrogens with zero attached hydrogens (tertiary/aromatic N) is 1. The minimum Gasteiger partial charge on any atom is -0.387 e. The lowest BCUT2D eigenvalue weighted by Crippen LogP contribution is -2.47. The van der Waals surface area contributed by atoms with Crippen molar-refractivity contribution in [2.45, 2.75) is 32.4 Å². The number of carbonyl (C=O) groups is 1. The molecule has 0 aromatic heterocycles. The van der Waals surface area contributed by atoms with Gasteiger partial charge in [-0.15, -0.1) is 0 Å². The first-order valence-corrected chi connectivity index (χ1v) is 6.55. The summed E-state index contributed by atoms with van der Waals surface area (Å²) in [7, 11) is 0. The highest BCUT2D eigenvalue weighted by molar-refractivity contribution is 6.31. The highest BCUT2D eigenvalue weighted by Crippen LogP contribution is 2.25. The monoisotopic (exact) mass is 284 g/mol. The minimum absolute atomic E-state index is 0.102. The summed E-state index contributed by atoms with van der Waals surface area (Å²) in [6.07, 6.45) is -0.757. The molecule has 5 heteroatoms. The van der Waals surface area contributed by atoms with Gasteiger partial charge in [0.2, 0.25) is 5.91 Å². The van der Waals surface area contributed by atoms with Gasteiger partial charge in [-0.3, -0.25) is 9.69 Å². The van der Waals surface area contributed by atoms with Crippen molar-refractivity contribution in [2.75, 3.05) is 13.1 Å². The molecule has 1 rings (SSSR count). The topological polar surface area (TPSA) is 66.6 Å². The molecule has 0 fully saturated rings. The molecule has 0 bridgehead atoms. The van der Waals surface area contributed by atoms with E-state index in [1.54, 1.807) is 12.1 Å². The molecule has 19 heavy (non-hydrogen) atoms. The number of β-amino-alcohol motifs (C(OH)–C–C–N with tert-alkyl or cyclic N) is 1. The van der Waals surface area contributed by atoms with E-state index >= 15 is 0 Å². The second-order valence-electron chi connectivity index (χ2n) is 5.55. The van der Waals surface area contributed by atoms with Gasteiger partial charge in [0.05, 0.1) is 12.6 Å². The number of nitrogens with two attached hydrogens (primary N) is 1. The number of hydrogen-bond acceptors (Lipinski definition) is 3. The van der Waals surface area contributed by atoms with Gasteiger partial charge in [-0.25, -0.2) is 0 Å². The molecule has 0 saturated carbocycles. The third-order valence-corrected chi connectivity index (χ3v) is 3.30. The zero-order valence-electron chi connectivity index (χ0n) is 11.6. The third-order valence-electron chi connectivity index (χ3n) is 2.95. The Bertz CT molecular complexity index is 443. The average Bonchev–Trinajstić information content (AvgIpc) is 2.26. The predicted molar refractivity (Wildman–Crippen MR) is 76.9 cm³/mol. The lowest BCUT2D eigenvalue weighted by molar-refractivity contribution is -0.120. The van der Waals surface area contributed by atoms with E-state index in [2.05, 4.69) is 0 Å². The quantitative estimate of drug-likeness (QED) is 0.869. The molecular weight excluding hydrogens is 264 g/mol. The lowest BCUT2D eigenvalue weighted by atomic mass is 10.0. The van der Waals surface area contributed by atoms with E-state index in [-0.39, 0.29) is 12.1 Å². The molecule has 3 N–H and O–H groups in total. The smallest absolute Gasteiger partial charge is 0.231 e. The van der Waals surface area contributed by atoms with Crippen molar-refractivity contribution >= 4 is 17.5 Å².